The van der Waals surface area contributed by atoms with Gasteiger partial charge in [0.05, 0.1) is 17.0 Å². The molecule has 6 nitrogen and oxygen atoms in total. The fourth-order valence-corrected chi connectivity index (χ4v) is 5.93. The Morgan fingerprint density at radius 3 is 2.81 bits per heavy atom. The Labute approximate surface area is 153 Å². The average Bonchev–Trinajstić information content (AvgIpc) is 3.22. The van der Waals surface area contributed by atoms with Gasteiger partial charge in [-0.1, -0.05) is 18.2 Å². The first-order valence-electron chi connectivity index (χ1n) is 9.38. The summed E-state index contributed by atoms with van der Waals surface area (Å²) in [5, 5.41) is 3.59. The molecule has 2 unspecified atom stereocenters. The summed E-state index contributed by atoms with van der Waals surface area (Å²) in [6, 6.07) is 10.1. The van der Waals surface area contributed by atoms with Crippen molar-refractivity contribution >= 4 is 26.8 Å². The van der Waals surface area contributed by atoms with Gasteiger partial charge in [-0.15, -0.1) is 0 Å². The van der Waals surface area contributed by atoms with Gasteiger partial charge in [0.2, 0.25) is 0 Å². The van der Waals surface area contributed by atoms with E-state index >= 15 is 0 Å². The summed E-state index contributed by atoms with van der Waals surface area (Å²) in [5.41, 5.74) is 2.13. The zero-order chi connectivity index (χ0) is 18.1. The third-order valence-electron chi connectivity index (χ3n) is 5.62. The Hall–Kier alpha value is -2.02. The van der Waals surface area contributed by atoms with Crippen LogP contribution in [0.25, 0.3) is 10.9 Å². The molecule has 2 saturated heterocycles. The minimum Gasteiger partial charge on any atom is -0.357 e. The summed E-state index contributed by atoms with van der Waals surface area (Å²) >= 11 is 0. The number of para-hydroxylation sites is 1. The Balaban J connectivity index is 1.49. The summed E-state index contributed by atoms with van der Waals surface area (Å²) in [5.74, 6) is 0.245. The normalized spacial score (nSPS) is 25.5. The number of nitrogens with zero attached hydrogens (tertiary/aromatic N) is 1. The highest BCUT2D eigenvalue weighted by Gasteiger charge is 2.33. The second kappa shape index (κ2) is 6.95. The maximum Gasteiger partial charge on any atom is 0.318 e. The summed E-state index contributed by atoms with van der Waals surface area (Å²) in [7, 11) is -3.04. The number of sulfone groups is 1. The van der Waals surface area contributed by atoms with Crippen molar-refractivity contribution < 1.29 is 13.2 Å². The smallest absolute Gasteiger partial charge is 0.318 e. The number of H-pyrrole nitrogens is 1. The number of benzene rings is 1. The monoisotopic (exact) mass is 375 g/mol. The van der Waals surface area contributed by atoms with Gasteiger partial charge < -0.3 is 15.2 Å². The molecule has 1 aromatic carbocycles. The van der Waals surface area contributed by atoms with Gasteiger partial charge in [0.1, 0.15) is 0 Å². The summed E-state index contributed by atoms with van der Waals surface area (Å²) in [6.45, 7) is 0.917. The molecule has 2 aliphatic heterocycles. The fraction of sp³-hybridized carbons (Fsp3) is 0.526. The van der Waals surface area contributed by atoms with Crippen molar-refractivity contribution in [1.82, 2.24) is 15.2 Å². The van der Waals surface area contributed by atoms with Crippen molar-refractivity contribution in [2.75, 3.05) is 18.8 Å². The van der Waals surface area contributed by atoms with E-state index in [1.54, 1.807) is 0 Å². The molecular formula is C19H25N3O3S. The maximum atomic E-state index is 12.8. The molecule has 3 heterocycles. The number of carbonyl (C=O) groups excluding carboxylic acids is 1. The Morgan fingerprint density at radius 1 is 1.19 bits per heavy atom. The molecule has 1 aromatic heterocycles. The molecule has 2 atom stereocenters. The van der Waals surface area contributed by atoms with Crippen LogP contribution in [0.3, 0.4) is 0 Å². The maximum absolute atomic E-state index is 12.8. The van der Waals surface area contributed by atoms with E-state index in [-0.39, 0.29) is 24.4 Å². The van der Waals surface area contributed by atoms with Crippen molar-refractivity contribution in [3.8, 4) is 0 Å². The van der Waals surface area contributed by atoms with E-state index in [4.69, 9.17) is 0 Å². The quantitative estimate of drug-likeness (QED) is 0.865. The molecule has 4 rings (SSSR count). The van der Waals surface area contributed by atoms with Gasteiger partial charge in [0, 0.05) is 24.3 Å². The van der Waals surface area contributed by atoms with Gasteiger partial charge in [0.25, 0.3) is 0 Å². The molecule has 2 amide bonds. The molecule has 2 aliphatic rings. The van der Waals surface area contributed by atoms with Crippen molar-refractivity contribution in [1.29, 1.82) is 0 Å². The minimum atomic E-state index is -3.04. The first kappa shape index (κ1) is 17.4. The van der Waals surface area contributed by atoms with Gasteiger partial charge >= 0.3 is 6.03 Å². The van der Waals surface area contributed by atoms with E-state index in [0.29, 0.717) is 19.4 Å². The highest BCUT2D eigenvalue weighted by molar-refractivity contribution is 7.92. The number of amides is 2. The van der Waals surface area contributed by atoms with Gasteiger partial charge in [-0.2, -0.15) is 0 Å². The SMILES string of the molecule is O=C(NCC1CCCS1(=O)=O)N1CCCCC1c1cc2ccccc2[nH]1. The predicted molar refractivity (Wildman–Crippen MR) is 102 cm³/mol. The molecule has 0 aliphatic carbocycles. The number of carbonyl (C=O) groups is 1. The third kappa shape index (κ3) is 3.32. The zero-order valence-corrected chi connectivity index (χ0v) is 15.6. The number of fused-ring (bicyclic) bond motifs is 1. The molecule has 140 valence electrons. The number of likely N-dealkylation sites (tertiary alicyclic amines) is 1. The molecule has 0 spiro atoms. The summed E-state index contributed by atoms with van der Waals surface area (Å²) < 4.78 is 23.9. The molecular weight excluding hydrogens is 350 g/mol. The van der Waals surface area contributed by atoms with E-state index in [2.05, 4.69) is 22.4 Å². The van der Waals surface area contributed by atoms with Gasteiger partial charge in [0.15, 0.2) is 9.84 Å². The van der Waals surface area contributed by atoms with E-state index < -0.39 is 15.1 Å². The van der Waals surface area contributed by atoms with Crippen LogP contribution < -0.4 is 5.32 Å². The second-order valence-electron chi connectivity index (χ2n) is 7.33. The van der Waals surface area contributed by atoms with Gasteiger partial charge in [-0.25, -0.2) is 13.2 Å². The average molecular weight is 375 g/mol. The fourth-order valence-electron chi connectivity index (χ4n) is 4.16. The largest absolute Gasteiger partial charge is 0.357 e. The van der Waals surface area contributed by atoms with Gasteiger partial charge in [-0.05, 0) is 49.6 Å². The molecule has 2 aromatic rings. The van der Waals surface area contributed by atoms with Crippen molar-refractivity contribution in [3.05, 3.63) is 36.0 Å². The number of urea groups is 1. The first-order valence-corrected chi connectivity index (χ1v) is 11.1. The third-order valence-corrected chi connectivity index (χ3v) is 7.89. The molecule has 0 saturated carbocycles. The van der Waals surface area contributed by atoms with Crippen LogP contribution in [0.4, 0.5) is 4.79 Å². The molecule has 0 radical (unpaired) electrons. The Kier molecular flexibility index (Phi) is 4.65. The number of piperidine rings is 1. The van der Waals surface area contributed by atoms with Gasteiger partial charge in [-0.3, -0.25) is 0 Å². The molecule has 2 N–H and O–H groups in total. The lowest BCUT2D eigenvalue weighted by Gasteiger charge is -2.35. The Morgan fingerprint density at radius 2 is 2.04 bits per heavy atom. The van der Waals surface area contributed by atoms with Crippen LogP contribution in [0, 0.1) is 0 Å². The second-order valence-corrected chi connectivity index (χ2v) is 9.73. The summed E-state index contributed by atoms with van der Waals surface area (Å²) in [6.07, 6.45) is 4.33. The van der Waals surface area contributed by atoms with Crippen LogP contribution >= 0.6 is 0 Å². The minimum absolute atomic E-state index is 0.0105. The van der Waals surface area contributed by atoms with Crippen LogP contribution in [0.15, 0.2) is 30.3 Å². The lowest BCUT2D eigenvalue weighted by Crippen LogP contribution is -2.47. The number of aromatic nitrogens is 1. The highest BCUT2D eigenvalue weighted by atomic mass is 32.2. The topological polar surface area (TPSA) is 82.3 Å². The number of nitrogens with one attached hydrogen (secondary N) is 2. The van der Waals surface area contributed by atoms with E-state index in [1.807, 2.05) is 23.1 Å². The van der Waals surface area contributed by atoms with Crippen molar-refractivity contribution in [2.45, 2.75) is 43.4 Å². The number of hydrogen-bond donors (Lipinski definition) is 2. The lowest BCUT2D eigenvalue weighted by molar-refractivity contribution is 0.150. The zero-order valence-electron chi connectivity index (χ0n) is 14.8. The van der Waals surface area contributed by atoms with E-state index in [0.717, 1.165) is 35.9 Å². The number of rotatable bonds is 3. The highest BCUT2D eigenvalue weighted by Crippen LogP contribution is 2.32. The molecule has 2 fully saturated rings. The van der Waals surface area contributed by atoms with Crippen molar-refractivity contribution in [2.24, 2.45) is 0 Å². The van der Waals surface area contributed by atoms with Crippen molar-refractivity contribution in [3.63, 3.8) is 0 Å². The van der Waals surface area contributed by atoms with E-state index in [9.17, 15) is 13.2 Å². The van der Waals surface area contributed by atoms with Crippen LogP contribution in [0.5, 0.6) is 0 Å². The molecule has 26 heavy (non-hydrogen) atoms. The number of hydrogen-bond acceptors (Lipinski definition) is 3. The van der Waals surface area contributed by atoms with Crippen LogP contribution in [0.2, 0.25) is 0 Å². The molecule has 0 bridgehead atoms. The molecule has 7 heteroatoms. The van der Waals surface area contributed by atoms with E-state index in [1.165, 1.54) is 0 Å². The first-order chi connectivity index (χ1) is 12.5. The Bertz CT molecular complexity index is 873. The van der Waals surface area contributed by atoms with Crippen LogP contribution in [-0.4, -0.2) is 48.4 Å². The number of aromatic amines is 1. The predicted octanol–water partition coefficient (Wildman–Crippen LogP) is 2.98. The standard InChI is InChI=1S/C19H25N3O3S/c23-19(20-13-15-7-5-11-26(15,24)25)22-10-4-3-9-18(22)17-12-14-6-1-2-8-16(14)21-17/h1-2,6,8,12,15,18,21H,3-5,7,9-11,13H2,(H,20,23). The summed E-state index contributed by atoms with van der Waals surface area (Å²) in [4.78, 5) is 18.1. The van der Waals surface area contributed by atoms with Crippen LogP contribution in [-0.2, 0) is 9.84 Å². The lowest BCUT2D eigenvalue weighted by atomic mass is 9.99. The van der Waals surface area contributed by atoms with Crippen LogP contribution in [0.1, 0.15) is 43.8 Å².